The highest BCUT2D eigenvalue weighted by Gasteiger charge is 2.28. The molecule has 1 unspecified atom stereocenters. The van der Waals surface area contributed by atoms with Crippen LogP contribution in [-0.2, 0) is 19.6 Å². The van der Waals surface area contributed by atoms with Crippen molar-refractivity contribution >= 4 is 5.91 Å². The van der Waals surface area contributed by atoms with Gasteiger partial charge < -0.3 is 13.9 Å². The van der Waals surface area contributed by atoms with E-state index in [0.717, 1.165) is 18.9 Å². The zero-order valence-electron chi connectivity index (χ0n) is 13.5. The average Bonchev–Trinajstić information content (AvgIpc) is 3.28. The van der Waals surface area contributed by atoms with E-state index in [1.807, 2.05) is 35.0 Å². The van der Waals surface area contributed by atoms with Crippen molar-refractivity contribution in [2.24, 2.45) is 5.92 Å². The number of furan rings is 1. The first-order valence-corrected chi connectivity index (χ1v) is 8.01. The van der Waals surface area contributed by atoms with Crippen molar-refractivity contribution < 1.29 is 9.21 Å². The van der Waals surface area contributed by atoms with Crippen LogP contribution in [0.25, 0.3) is 0 Å². The first-order valence-electron chi connectivity index (χ1n) is 8.01. The number of aryl methyl sites for hydroxylation is 1. The molecule has 0 N–H and O–H groups in total. The monoisotopic (exact) mass is 325 g/mol. The van der Waals surface area contributed by atoms with Crippen molar-refractivity contribution in [2.75, 3.05) is 6.54 Å². The number of imidazole rings is 1. The van der Waals surface area contributed by atoms with E-state index in [9.17, 15) is 4.79 Å². The molecule has 4 heterocycles. The Kier molecular flexibility index (Phi) is 3.68. The Bertz CT molecular complexity index is 833. The second-order valence-corrected chi connectivity index (χ2v) is 6.17. The highest BCUT2D eigenvalue weighted by Crippen LogP contribution is 2.20. The van der Waals surface area contributed by atoms with Gasteiger partial charge in [0.15, 0.2) is 0 Å². The summed E-state index contributed by atoms with van der Waals surface area (Å²) >= 11 is 0. The molecule has 0 bridgehead atoms. The summed E-state index contributed by atoms with van der Waals surface area (Å²) in [6, 6.07) is 3.65. The van der Waals surface area contributed by atoms with Crippen LogP contribution in [-0.4, -0.2) is 36.7 Å². The summed E-state index contributed by atoms with van der Waals surface area (Å²) in [6.07, 6.45) is 9.05. The molecule has 0 aromatic carbocycles. The van der Waals surface area contributed by atoms with Crippen LogP contribution in [0.4, 0.5) is 0 Å². The summed E-state index contributed by atoms with van der Waals surface area (Å²) in [6.45, 7) is 4.56. The number of amides is 1. The second-order valence-electron chi connectivity index (χ2n) is 6.17. The van der Waals surface area contributed by atoms with E-state index in [1.54, 1.807) is 24.7 Å². The van der Waals surface area contributed by atoms with Gasteiger partial charge in [0.2, 0.25) is 0 Å². The summed E-state index contributed by atoms with van der Waals surface area (Å²) in [4.78, 5) is 19.2. The number of hydrogen-bond acceptors (Lipinski definition) is 4. The molecule has 0 saturated heterocycles. The largest absolute Gasteiger partial charge is 0.469 e. The van der Waals surface area contributed by atoms with E-state index in [1.165, 1.54) is 0 Å². The number of carbonyl (C=O) groups is 1. The maximum absolute atomic E-state index is 12.9. The topological polar surface area (TPSA) is 69.1 Å². The smallest absolute Gasteiger partial charge is 0.257 e. The van der Waals surface area contributed by atoms with Gasteiger partial charge in [-0.3, -0.25) is 9.48 Å². The summed E-state index contributed by atoms with van der Waals surface area (Å²) in [5.74, 6) is 1.81. The molecule has 124 valence electrons. The van der Waals surface area contributed by atoms with Gasteiger partial charge in [-0.1, -0.05) is 0 Å². The third-order valence-corrected chi connectivity index (χ3v) is 4.45. The zero-order chi connectivity index (χ0) is 16.5. The number of carbonyl (C=O) groups excluding carboxylic acids is 1. The lowest BCUT2D eigenvalue weighted by molar-refractivity contribution is 0.0711. The number of rotatable bonds is 3. The number of fused-ring (bicyclic) bond motifs is 1. The van der Waals surface area contributed by atoms with E-state index in [0.29, 0.717) is 24.4 Å². The van der Waals surface area contributed by atoms with Crippen molar-refractivity contribution in [3.63, 3.8) is 0 Å². The van der Waals surface area contributed by atoms with Crippen LogP contribution < -0.4 is 0 Å². The molecular weight excluding hydrogens is 306 g/mol. The van der Waals surface area contributed by atoms with E-state index in [2.05, 4.69) is 14.6 Å². The molecule has 7 heteroatoms. The molecule has 0 radical (unpaired) electrons. The highest BCUT2D eigenvalue weighted by molar-refractivity contribution is 5.95. The van der Waals surface area contributed by atoms with Crippen LogP contribution in [0.2, 0.25) is 0 Å². The Morgan fingerprint density at radius 1 is 1.33 bits per heavy atom. The molecule has 0 spiro atoms. The van der Waals surface area contributed by atoms with E-state index in [4.69, 9.17) is 4.42 Å². The molecule has 1 amide bonds. The number of nitrogens with zero attached hydrogens (tertiary/aromatic N) is 5. The predicted octanol–water partition coefficient (Wildman–Crippen LogP) is 1.95. The Morgan fingerprint density at radius 3 is 3.00 bits per heavy atom. The molecule has 3 aromatic rings. The van der Waals surface area contributed by atoms with Crippen molar-refractivity contribution in [1.82, 2.24) is 24.2 Å². The first kappa shape index (κ1) is 14.7. The van der Waals surface area contributed by atoms with Crippen LogP contribution in [0.3, 0.4) is 0 Å². The van der Waals surface area contributed by atoms with Gasteiger partial charge in [-0.15, -0.1) is 0 Å². The van der Waals surface area contributed by atoms with Crippen molar-refractivity contribution in [1.29, 1.82) is 0 Å². The molecule has 3 aromatic heterocycles. The summed E-state index contributed by atoms with van der Waals surface area (Å²) in [5, 5.41) is 4.29. The second kappa shape index (κ2) is 5.99. The molecule has 1 aliphatic rings. The maximum Gasteiger partial charge on any atom is 0.257 e. The summed E-state index contributed by atoms with van der Waals surface area (Å²) in [7, 11) is 0. The van der Waals surface area contributed by atoms with Crippen LogP contribution in [0, 0.1) is 12.8 Å². The van der Waals surface area contributed by atoms with Gasteiger partial charge in [0.05, 0.1) is 18.4 Å². The fraction of sp³-hybridized carbons (Fsp3) is 0.353. The minimum absolute atomic E-state index is 0.0110. The average molecular weight is 325 g/mol. The van der Waals surface area contributed by atoms with E-state index >= 15 is 0 Å². The Labute approximate surface area is 139 Å². The van der Waals surface area contributed by atoms with Gasteiger partial charge in [-0.25, -0.2) is 4.98 Å². The lowest BCUT2D eigenvalue weighted by Crippen LogP contribution is -2.35. The molecule has 24 heavy (non-hydrogen) atoms. The minimum Gasteiger partial charge on any atom is -0.469 e. The molecule has 1 atom stereocenters. The van der Waals surface area contributed by atoms with Crippen molar-refractivity contribution in [2.45, 2.75) is 26.6 Å². The van der Waals surface area contributed by atoms with Crippen LogP contribution in [0.15, 0.2) is 47.6 Å². The van der Waals surface area contributed by atoms with Crippen molar-refractivity contribution in [3.05, 3.63) is 60.3 Å². The predicted molar refractivity (Wildman–Crippen MR) is 86.1 cm³/mol. The van der Waals surface area contributed by atoms with Gasteiger partial charge in [-0.2, -0.15) is 5.10 Å². The standard InChI is InChI=1S/C17H19N5O2/c1-13-15(3-8-24-13)17(23)21-10-14(11-22-6-2-4-19-22)9-20-7-5-18-16(20)12-21/h2-8,14H,9-12H2,1H3. The number of aromatic nitrogens is 4. The molecule has 4 rings (SSSR count). The Balaban J connectivity index is 1.61. The molecule has 0 saturated carbocycles. The van der Waals surface area contributed by atoms with Gasteiger partial charge in [0.1, 0.15) is 11.6 Å². The van der Waals surface area contributed by atoms with E-state index < -0.39 is 0 Å². The fourth-order valence-corrected chi connectivity index (χ4v) is 3.26. The number of hydrogen-bond donors (Lipinski definition) is 0. The SMILES string of the molecule is Cc1occc1C(=O)N1Cc2nccn2CC(Cn2cccn2)C1. The normalized spacial score (nSPS) is 17.5. The quantitative estimate of drug-likeness (QED) is 0.738. The molecule has 7 nitrogen and oxygen atoms in total. The van der Waals surface area contributed by atoms with Crippen LogP contribution in [0.5, 0.6) is 0 Å². The van der Waals surface area contributed by atoms with Gasteiger partial charge in [0, 0.05) is 50.3 Å². The fourth-order valence-electron chi connectivity index (χ4n) is 3.26. The first-order chi connectivity index (χ1) is 11.7. The highest BCUT2D eigenvalue weighted by atomic mass is 16.3. The summed E-state index contributed by atoms with van der Waals surface area (Å²) < 4.78 is 9.34. The Morgan fingerprint density at radius 2 is 2.25 bits per heavy atom. The third kappa shape index (κ3) is 2.73. The van der Waals surface area contributed by atoms with Gasteiger partial charge >= 0.3 is 0 Å². The zero-order valence-corrected chi connectivity index (χ0v) is 13.5. The molecule has 0 aliphatic carbocycles. The Hall–Kier alpha value is -2.83. The molecular formula is C17H19N5O2. The minimum atomic E-state index is -0.0110. The van der Waals surface area contributed by atoms with Crippen molar-refractivity contribution in [3.8, 4) is 0 Å². The third-order valence-electron chi connectivity index (χ3n) is 4.45. The van der Waals surface area contributed by atoms with Gasteiger partial charge in [0.25, 0.3) is 5.91 Å². The lowest BCUT2D eigenvalue weighted by atomic mass is 10.1. The van der Waals surface area contributed by atoms with Crippen LogP contribution in [0.1, 0.15) is 21.9 Å². The lowest BCUT2D eigenvalue weighted by Gasteiger charge is -2.24. The summed E-state index contributed by atoms with van der Waals surface area (Å²) in [5.41, 5.74) is 0.618. The van der Waals surface area contributed by atoms with E-state index in [-0.39, 0.29) is 11.8 Å². The van der Waals surface area contributed by atoms with Gasteiger partial charge in [-0.05, 0) is 19.1 Å². The maximum atomic E-state index is 12.9. The van der Waals surface area contributed by atoms with Crippen LogP contribution >= 0.6 is 0 Å². The molecule has 0 fully saturated rings. The molecule has 1 aliphatic heterocycles.